The largest absolute Gasteiger partial charge is 0.451 e. The van der Waals surface area contributed by atoms with Crippen LogP contribution in [0, 0.1) is 6.92 Å². The van der Waals surface area contributed by atoms with Crippen molar-refractivity contribution in [1.82, 2.24) is 20.2 Å². The smallest absolute Gasteiger partial charge is 0.359 e. The molecule has 0 aliphatic heterocycles. The van der Waals surface area contributed by atoms with E-state index in [2.05, 4.69) is 31.8 Å². The number of imidazole rings is 1. The number of fused-ring (bicyclic) bond motifs is 1. The van der Waals surface area contributed by atoms with E-state index in [9.17, 15) is 14.4 Å². The molecule has 3 rings (SSSR count). The number of hydrogen-bond acceptors (Lipinski definition) is 5. The first-order chi connectivity index (χ1) is 12.9. The summed E-state index contributed by atoms with van der Waals surface area (Å²) in [6, 6.07) is 12.1. The Morgan fingerprint density at radius 3 is 2.56 bits per heavy atom. The van der Waals surface area contributed by atoms with Gasteiger partial charge in [0.25, 0.3) is 11.8 Å². The molecule has 0 radical (unpaired) electrons. The number of rotatable bonds is 4. The molecule has 0 aliphatic rings. The summed E-state index contributed by atoms with van der Waals surface area (Å²) in [7, 11) is 0. The number of aromatic nitrogens is 2. The van der Waals surface area contributed by atoms with Crippen molar-refractivity contribution >= 4 is 39.4 Å². The molecule has 0 saturated carbocycles. The lowest BCUT2D eigenvalue weighted by atomic mass is 10.2. The minimum atomic E-state index is -0.729. The number of nitrogens with one attached hydrogen (secondary N) is 2. The average Bonchev–Trinajstić information content (AvgIpc) is 3.10. The highest BCUT2D eigenvalue weighted by Gasteiger charge is 2.15. The molecular weight excluding hydrogens is 416 g/mol. The lowest BCUT2D eigenvalue weighted by Crippen LogP contribution is -2.43. The average molecular weight is 431 g/mol. The van der Waals surface area contributed by atoms with Gasteiger partial charge in [-0.2, -0.15) is 0 Å². The lowest BCUT2D eigenvalue weighted by Gasteiger charge is -2.07. The predicted molar refractivity (Wildman–Crippen MR) is 100.0 cm³/mol. The quantitative estimate of drug-likeness (QED) is 0.486. The molecule has 138 valence electrons. The number of hydrazine groups is 1. The number of aryl methyl sites for hydroxylation is 1. The highest BCUT2D eigenvalue weighted by Crippen LogP contribution is 2.10. The van der Waals surface area contributed by atoms with Crippen molar-refractivity contribution in [3.05, 3.63) is 70.1 Å². The third kappa shape index (κ3) is 4.50. The maximum absolute atomic E-state index is 12.1. The molecule has 8 nitrogen and oxygen atoms in total. The maximum atomic E-state index is 12.1. The topological polar surface area (TPSA) is 102 Å². The van der Waals surface area contributed by atoms with Crippen molar-refractivity contribution in [3.8, 4) is 0 Å². The monoisotopic (exact) mass is 430 g/mol. The van der Waals surface area contributed by atoms with Gasteiger partial charge in [0.05, 0.1) is 0 Å². The Hall–Kier alpha value is -3.20. The van der Waals surface area contributed by atoms with Crippen molar-refractivity contribution in [1.29, 1.82) is 0 Å². The molecule has 0 atom stereocenters. The Morgan fingerprint density at radius 1 is 1.11 bits per heavy atom. The molecule has 0 bridgehead atoms. The van der Waals surface area contributed by atoms with E-state index in [1.54, 1.807) is 40.9 Å². The Morgan fingerprint density at radius 2 is 1.85 bits per heavy atom. The zero-order valence-corrected chi connectivity index (χ0v) is 15.8. The first-order valence-electron chi connectivity index (χ1n) is 7.90. The number of nitrogens with zero attached hydrogens (tertiary/aromatic N) is 2. The molecule has 2 amide bonds. The number of amides is 2. The molecule has 2 aromatic heterocycles. The number of pyridine rings is 1. The first-order valence-corrected chi connectivity index (χ1v) is 8.70. The molecule has 0 unspecified atom stereocenters. The number of hydrogen-bond donors (Lipinski definition) is 2. The van der Waals surface area contributed by atoms with Crippen LogP contribution in [0.5, 0.6) is 0 Å². The van der Waals surface area contributed by atoms with Crippen molar-refractivity contribution in [2.24, 2.45) is 0 Å². The summed E-state index contributed by atoms with van der Waals surface area (Å²) in [5.74, 6) is -1.89. The van der Waals surface area contributed by atoms with Crippen LogP contribution in [-0.2, 0) is 9.53 Å². The summed E-state index contributed by atoms with van der Waals surface area (Å²) in [5, 5.41) is 0. The van der Waals surface area contributed by atoms with Crippen molar-refractivity contribution in [3.63, 3.8) is 0 Å². The fourth-order valence-corrected chi connectivity index (χ4v) is 2.55. The van der Waals surface area contributed by atoms with E-state index in [4.69, 9.17) is 4.74 Å². The summed E-state index contributed by atoms with van der Waals surface area (Å²) in [4.78, 5) is 39.9. The zero-order valence-electron chi connectivity index (χ0n) is 14.2. The Balaban J connectivity index is 1.50. The maximum Gasteiger partial charge on any atom is 0.359 e. The summed E-state index contributed by atoms with van der Waals surface area (Å²) < 4.78 is 7.50. The molecule has 2 heterocycles. The van der Waals surface area contributed by atoms with E-state index in [1.165, 1.54) is 0 Å². The van der Waals surface area contributed by atoms with Crippen LogP contribution in [0.2, 0.25) is 0 Å². The van der Waals surface area contributed by atoms with Gasteiger partial charge in [0.2, 0.25) is 0 Å². The van der Waals surface area contributed by atoms with E-state index in [1.807, 2.05) is 19.1 Å². The highest BCUT2D eigenvalue weighted by atomic mass is 79.9. The van der Waals surface area contributed by atoms with Gasteiger partial charge in [-0.15, -0.1) is 0 Å². The van der Waals surface area contributed by atoms with Crippen molar-refractivity contribution in [2.45, 2.75) is 6.92 Å². The molecule has 2 N–H and O–H groups in total. The fraction of sp³-hybridized carbons (Fsp3) is 0.111. The van der Waals surface area contributed by atoms with E-state index >= 15 is 0 Å². The minimum Gasteiger partial charge on any atom is -0.451 e. The van der Waals surface area contributed by atoms with E-state index in [0.717, 1.165) is 10.2 Å². The van der Waals surface area contributed by atoms with Gasteiger partial charge >= 0.3 is 5.97 Å². The highest BCUT2D eigenvalue weighted by molar-refractivity contribution is 9.10. The van der Waals surface area contributed by atoms with Gasteiger partial charge in [-0.1, -0.05) is 22.0 Å². The molecule has 3 aromatic rings. The van der Waals surface area contributed by atoms with Gasteiger partial charge in [-0.25, -0.2) is 9.78 Å². The SMILES string of the molecule is Cc1cccc2nc(C(=O)OCC(=O)NNC(=O)c3ccc(Br)cc3)cn12. The van der Waals surface area contributed by atoms with Crippen LogP contribution >= 0.6 is 15.9 Å². The summed E-state index contributed by atoms with van der Waals surface area (Å²) >= 11 is 3.27. The third-order valence-electron chi connectivity index (χ3n) is 3.66. The molecule has 9 heteroatoms. The summed E-state index contributed by atoms with van der Waals surface area (Å²) in [5.41, 5.74) is 6.41. The van der Waals surface area contributed by atoms with Crippen LogP contribution in [0.4, 0.5) is 0 Å². The van der Waals surface area contributed by atoms with E-state index in [0.29, 0.717) is 11.2 Å². The number of carbonyl (C=O) groups is 3. The van der Waals surface area contributed by atoms with Crippen molar-refractivity contribution in [2.75, 3.05) is 6.61 Å². The van der Waals surface area contributed by atoms with E-state index < -0.39 is 24.4 Å². The van der Waals surface area contributed by atoms with Crippen LogP contribution in [0.3, 0.4) is 0 Å². The van der Waals surface area contributed by atoms with Crippen LogP contribution in [0.25, 0.3) is 5.65 Å². The van der Waals surface area contributed by atoms with Crippen LogP contribution in [0.15, 0.2) is 53.1 Å². The standard InChI is InChI=1S/C18H15BrN4O4/c1-11-3-2-4-15-20-14(9-23(11)15)18(26)27-10-16(24)21-22-17(25)12-5-7-13(19)8-6-12/h2-9H,10H2,1H3,(H,21,24)(H,22,25). The molecule has 0 fully saturated rings. The first kappa shape index (κ1) is 18.6. The molecule has 0 saturated heterocycles. The molecule has 1 aromatic carbocycles. The second-order valence-electron chi connectivity index (χ2n) is 5.61. The van der Waals surface area contributed by atoms with Gasteiger partial charge in [0, 0.05) is 21.9 Å². The van der Waals surface area contributed by atoms with Crippen LogP contribution < -0.4 is 10.9 Å². The number of benzene rings is 1. The fourth-order valence-electron chi connectivity index (χ4n) is 2.29. The van der Waals surface area contributed by atoms with Crippen molar-refractivity contribution < 1.29 is 19.1 Å². The molecule has 0 aliphatic carbocycles. The van der Waals surface area contributed by atoms with E-state index in [-0.39, 0.29) is 5.69 Å². The Kier molecular flexibility index (Phi) is 5.51. The number of ether oxygens (including phenoxy) is 1. The second-order valence-corrected chi connectivity index (χ2v) is 6.52. The normalized spacial score (nSPS) is 10.4. The van der Waals surface area contributed by atoms with Gasteiger partial charge in [-0.3, -0.25) is 20.4 Å². The second kappa shape index (κ2) is 8.00. The Bertz CT molecular complexity index is 1010. The predicted octanol–water partition coefficient (Wildman–Crippen LogP) is 2.02. The van der Waals surface area contributed by atoms with Gasteiger partial charge in [-0.05, 0) is 43.3 Å². The zero-order chi connectivity index (χ0) is 19.4. The third-order valence-corrected chi connectivity index (χ3v) is 4.19. The number of esters is 1. The van der Waals surface area contributed by atoms with Gasteiger partial charge in [0.1, 0.15) is 5.65 Å². The number of halogens is 1. The van der Waals surface area contributed by atoms with Gasteiger partial charge in [0.15, 0.2) is 12.3 Å². The van der Waals surface area contributed by atoms with Crippen LogP contribution in [0.1, 0.15) is 26.5 Å². The summed E-state index contributed by atoms with van der Waals surface area (Å²) in [6.07, 6.45) is 1.54. The minimum absolute atomic E-state index is 0.0935. The van der Waals surface area contributed by atoms with Crippen LogP contribution in [-0.4, -0.2) is 33.8 Å². The summed E-state index contributed by atoms with van der Waals surface area (Å²) in [6.45, 7) is 1.33. The molecule has 0 spiro atoms. The molecular formula is C18H15BrN4O4. The lowest BCUT2D eigenvalue weighted by molar-refractivity contribution is -0.125. The number of carbonyl (C=O) groups excluding carboxylic acids is 3. The van der Waals surface area contributed by atoms with Gasteiger partial charge < -0.3 is 9.14 Å². The Labute approximate surface area is 162 Å². The molecule has 27 heavy (non-hydrogen) atoms.